The molecule has 128 valence electrons. The highest BCUT2D eigenvalue weighted by Gasteiger charge is 2.19. The van der Waals surface area contributed by atoms with E-state index in [1.807, 2.05) is 55.5 Å². The highest BCUT2D eigenvalue weighted by molar-refractivity contribution is 7.13. The summed E-state index contributed by atoms with van der Waals surface area (Å²) in [5.74, 6) is -0.229. The third-order valence-corrected chi connectivity index (χ3v) is 4.92. The van der Waals surface area contributed by atoms with Crippen LogP contribution >= 0.6 is 22.9 Å². The second kappa shape index (κ2) is 6.82. The number of nitrogens with zero attached hydrogens (tertiary/aromatic N) is 3. The summed E-state index contributed by atoms with van der Waals surface area (Å²) in [6, 6.07) is 15.0. The van der Waals surface area contributed by atoms with Gasteiger partial charge in [-0.05, 0) is 30.7 Å². The predicted octanol–water partition coefficient (Wildman–Crippen LogP) is 4.97. The summed E-state index contributed by atoms with van der Waals surface area (Å²) in [4.78, 5) is 17.7. The number of pyridine rings is 1. The molecule has 7 heteroatoms. The Balaban J connectivity index is 1.91. The molecule has 0 atom stereocenters. The number of para-hydroxylation sites is 1. The quantitative estimate of drug-likeness (QED) is 0.545. The molecule has 2 aromatic carbocycles. The maximum absolute atomic E-state index is 13.0. The van der Waals surface area contributed by atoms with Crippen LogP contribution in [0.4, 0.5) is 5.13 Å². The molecule has 0 aliphatic rings. The first-order chi connectivity index (χ1) is 12.6. The van der Waals surface area contributed by atoms with Crippen molar-refractivity contribution < 1.29 is 4.79 Å². The van der Waals surface area contributed by atoms with E-state index in [1.165, 1.54) is 11.3 Å². The number of carbonyl (C=O) groups excluding carboxylic acids is 1. The van der Waals surface area contributed by atoms with Crippen molar-refractivity contribution >= 4 is 44.9 Å². The van der Waals surface area contributed by atoms with Crippen molar-refractivity contribution in [1.82, 2.24) is 15.2 Å². The summed E-state index contributed by atoms with van der Waals surface area (Å²) in [6.45, 7) is 1.90. The summed E-state index contributed by atoms with van der Waals surface area (Å²) >= 11 is 7.27. The predicted molar refractivity (Wildman–Crippen MR) is 105 cm³/mol. The van der Waals surface area contributed by atoms with Crippen LogP contribution in [-0.4, -0.2) is 21.1 Å². The molecule has 0 fully saturated rings. The van der Waals surface area contributed by atoms with Crippen molar-refractivity contribution in [2.24, 2.45) is 0 Å². The van der Waals surface area contributed by atoms with E-state index in [4.69, 9.17) is 16.6 Å². The molecule has 2 aromatic heterocycles. The Morgan fingerprint density at radius 1 is 1.12 bits per heavy atom. The van der Waals surface area contributed by atoms with E-state index in [9.17, 15) is 4.79 Å². The van der Waals surface area contributed by atoms with Crippen molar-refractivity contribution in [3.05, 3.63) is 70.2 Å². The lowest BCUT2D eigenvalue weighted by molar-refractivity contribution is 0.102. The van der Waals surface area contributed by atoms with Crippen molar-refractivity contribution in [2.45, 2.75) is 6.92 Å². The first-order valence-corrected chi connectivity index (χ1v) is 9.12. The molecule has 0 spiro atoms. The van der Waals surface area contributed by atoms with Crippen LogP contribution in [0, 0.1) is 6.92 Å². The minimum atomic E-state index is -0.229. The average Bonchev–Trinajstić information content (AvgIpc) is 3.15. The molecule has 4 rings (SSSR count). The molecule has 1 amide bonds. The zero-order valence-corrected chi connectivity index (χ0v) is 15.3. The maximum Gasteiger partial charge on any atom is 0.258 e. The van der Waals surface area contributed by atoms with Gasteiger partial charge in [0.25, 0.3) is 5.91 Å². The lowest BCUT2D eigenvalue weighted by Crippen LogP contribution is -2.15. The topological polar surface area (TPSA) is 67.8 Å². The lowest BCUT2D eigenvalue weighted by atomic mass is 9.97. The molecule has 1 N–H and O–H groups in total. The number of nitrogens with one attached hydrogen (secondary N) is 1. The standard InChI is InChI=1S/C19H13ClN4OS/c1-11-16(18(25)23-19-24-21-10-26-19)14-4-2-3-5-15(14)22-17(11)12-6-8-13(20)9-7-12/h2-10H,1H3,(H,23,24,25). The molecule has 2 heterocycles. The Morgan fingerprint density at radius 3 is 2.62 bits per heavy atom. The van der Waals surface area contributed by atoms with Crippen LogP contribution in [-0.2, 0) is 0 Å². The van der Waals surface area contributed by atoms with E-state index in [-0.39, 0.29) is 5.91 Å². The molecule has 0 aliphatic carbocycles. The Hall–Kier alpha value is -2.83. The van der Waals surface area contributed by atoms with Gasteiger partial charge in [-0.3, -0.25) is 10.1 Å². The average molecular weight is 381 g/mol. The first kappa shape index (κ1) is 16.6. The zero-order chi connectivity index (χ0) is 18.1. The number of anilines is 1. The van der Waals surface area contributed by atoms with Gasteiger partial charge in [0, 0.05) is 16.0 Å². The summed E-state index contributed by atoms with van der Waals surface area (Å²) in [7, 11) is 0. The summed E-state index contributed by atoms with van der Waals surface area (Å²) < 4.78 is 0. The normalized spacial score (nSPS) is 10.8. The lowest BCUT2D eigenvalue weighted by Gasteiger charge is -2.14. The SMILES string of the molecule is Cc1c(-c2ccc(Cl)cc2)nc2ccccc2c1C(=O)Nc1nncs1. The second-order valence-corrected chi connectivity index (χ2v) is 6.95. The number of aromatic nitrogens is 3. The van der Waals surface area contributed by atoms with E-state index in [2.05, 4.69) is 15.5 Å². The van der Waals surface area contributed by atoms with Crippen molar-refractivity contribution in [3.8, 4) is 11.3 Å². The number of carbonyl (C=O) groups is 1. The molecule has 0 bridgehead atoms. The van der Waals surface area contributed by atoms with E-state index in [0.29, 0.717) is 15.7 Å². The Kier molecular flexibility index (Phi) is 4.36. The van der Waals surface area contributed by atoms with Gasteiger partial charge < -0.3 is 0 Å². The van der Waals surface area contributed by atoms with E-state index in [1.54, 1.807) is 5.51 Å². The number of hydrogen-bond donors (Lipinski definition) is 1. The number of amides is 1. The summed E-state index contributed by atoms with van der Waals surface area (Å²) in [6.07, 6.45) is 0. The number of fused-ring (bicyclic) bond motifs is 1. The van der Waals surface area contributed by atoms with Crippen LogP contribution in [0.25, 0.3) is 22.2 Å². The van der Waals surface area contributed by atoms with Crippen LogP contribution in [0.15, 0.2) is 54.0 Å². The third-order valence-electron chi connectivity index (χ3n) is 4.06. The highest BCUT2D eigenvalue weighted by atomic mass is 35.5. The van der Waals surface area contributed by atoms with E-state index < -0.39 is 0 Å². The third kappa shape index (κ3) is 3.05. The van der Waals surface area contributed by atoms with Gasteiger partial charge in [0.2, 0.25) is 5.13 Å². The molecular formula is C19H13ClN4OS. The minimum absolute atomic E-state index is 0.229. The minimum Gasteiger partial charge on any atom is -0.296 e. The molecule has 4 aromatic rings. The van der Waals surface area contributed by atoms with Gasteiger partial charge in [0.15, 0.2) is 0 Å². The Labute approximate surface area is 158 Å². The fourth-order valence-corrected chi connectivity index (χ4v) is 3.44. The van der Waals surface area contributed by atoms with Gasteiger partial charge in [-0.2, -0.15) is 0 Å². The first-order valence-electron chi connectivity index (χ1n) is 7.86. The van der Waals surface area contributed by atoms with Gasteiger partial charge in [0.05, 0.1) is 16.8 Å². The Bertz CT molecular complexity index is 1090. The van der Waals surface area contributed by atoms with Crippen LogP contribution in [0.5, 0.6) is 0 Å². The highest BCUT2D eigenvalue weighted by Crippen LogP contribution is 2.31. The zero-order valence-electron chi connectivity index (χ0n) is 13.7. The maximum atomic E-state index is 13.0. The van der Waals surface area contributed by atoms with Gasteiger partial charge in [-0.1, -0.05) is 53.3 Å². The monoisotopic (exact) mass is 380 g/mol. The van der Waals surface area contributed by atoms with Crippen LogP contribution < -0.4 is 5.32 Å². The summed E-state index contributed by atoms with van der Waals surface area (Å²) in [5, 5.41) is 12.4. The fraction of sp³-hybridized carbons (Fsp3) is 0.0526. The van der Waals surface area contributed by atoms with Gasteiger partial charge in [0.1, 0.15) is 5.51 Å². The molecule has 0 aliphatic heterocycles. The van der Waals surface area contributed by atoms with Crippen molar-refractivity contribution in [1.29, 1.82) is 0 Å². The molecule has 0 saturated carbocycles. The second-order valence-electron chi connectivity index (χ2n) is 5.68. The fourth-order valence-electron chi connectivity index (χ4n) is 2.88. The van der Waals surface area contributed by atoms with Crippen molar-refractivity contribution in [2.75, 3.05) is 5.32 Å². The molecule has 5 nitrogen and oxygen atoms in total. The van der Waals surface area contributed by atoms with Crippen LogP contribution in [0.3, 0.4) is 0 Å². The van der Waals surface area contributed by atoms with E-state index >= 15 is 0 Å². The largest absolute Gasteiger partial charge is 0.296 e. The molecule has 26 heavy (non-hydrogen) atoms. The molecular weight excluding hydrogens is 368 g/mol. The molecule has 0 unspecified atom stereocenters. The molecule has 0 saturated heterocycles. The van der Waals surface area contributed by atoms with Gasteiger partial charge in [-0.15, -0.1) is 10.2 Å². The molecule has 0 radical (unpaired) electrons. The Morgan fingerprint density at radius 2 is 1.88 bits per heavy atom. The van der Waals surface area contributed by atoms with Crippen LogP contribution in [0.2, 0.25) is 5.02 Å². The van der Waals surface area contributed by atoms with Crippen LogP contribution in [0.1, 0.15) is 15.9 Å². The number of hydrogen-bond acceptors (Lipinski definition) is 5. The number of halogens is 1. The van der Waals surface area contributed by atoms with E-state index in [0.717, 1.165) is 27.7 Å². The van der Waals surface area contributed by atoms with Gasteiger partial charge in [-0.25, -0.2) is 4.98 Å². The smallest absolute Gasteiger partial charge is 0.258 e. The number of rotatable bonds is 3. The number of benzene rings is 2. The van der Waals surface area contributed by atoms with Gasteiger partial charge >= 0.3 is 0 Å². The summed E-state index contributed by atoms with van der Waals surface area (Å²) in [5.41, 5.74) is 5.37. The van der Waals surface area contributed by atoms with Crippen molar-refractivity contribution in [3.63, 3.8) is 0 Å².